The van der Waals surface area contributed by atoms with Crippen LogP contribution in [-0.2, 0) is 5.54 Å². The topological polar surface area (TPSA) is 26.0 Å². The highest BCUT2D eigenvalue weighted by Gasteiger charge is 2.24. The van der Waals surface area contributed by atoms with Crippen LogP contribution >= 0.6 is 0 Å². The molecule has 0 saturated heterocycles. The summed E-state index contributed by atoms with van der Waals surface area (Å²) in [6.45, 7) is 5.81. The predicted octanol–water partition coefficient (Wildman–Crippen LogP) is 3.66. The molecule has 0 radical (unpaired) electrons. The van der Waals surface area contributed by atoms with Gasteiger partial charge in [0.25, 0.3) is 0 Å². The van der Waals surface area contributed by atoms with Crippen LogP contribution in [0.2, 0.25) is 0 Å². The van der Waals surface area contributed by atoms with Gasteiger partial charge in [0.15, 0.2) is 0 Å². The molecule has 1 unspecified atom stereocenters. The summed E-state index contributed by atoms with van der Waals surface area (Å²) in [5.41, 5.74) is 9.55. The Hall–Kier alpha value is -1.67. The largest absolute Gasteiger partial charge is 0.318 e. The summed E-state index contributed by atoms with van der Waals surface area (Å²) in [6, 6.07) is 13.0. The van der Waals surface area contributed by atoms with Gasteiger partial charge in [-0.15, -0.1) is 0 Å². The molecule has 2 heteroatoms. The van der Waals surface area contributed by atoms with Crippen molar-refractivity contribution in [2.45, 2.75) is 26.3 Å². The molecule has 0 fully saturated rings. The lowest BCUT2D eigenvalue weighted by atomic mass is 9.84. The van der Waals surface area contributed by atoms with Crippen molar-refractivity contribution in [3.63, 3.8) is 0 Å². The summed E-state index contributed by atoms with van der Waals surface area (Å²) in [6.07, 6.45) is 0. The van der Waals surface area contributed by atoms with Gasteiger partial charge in [-0.05, 0) is 49.6 Å². The van der Waals surface area contributed by atoms with Crippen molar-refractivity contribution in [1.29, 1.82) is 0 Å². The lowest BCUT2D eigenvalue weighted by molar-refractivity contribution is 0.580. The third kappa shape index (κ3) is 2.44. The van der Waals surface area contributed by atoms with Crippen LogP contribution in [0.3, 0.4) is 0 Å². The highest BCUT2D eigenvalue weighted by molar-refractivity contribution is 5.39. The Bertz CT molecular complexity index is 536. The van der Waals surface area contributed by atoms with Gasteiger partial charge in [0, 0.05) is 0 Å². The molecule has 0 aliphatic heterocycles. The average molecular weight is 243 g/mol. The molecule has 2 aromatic carbocycles. The molecular formula is C16H18FN. The Kier molecular flexibility index (Phi) is 3.22. The molecule has 1 nitrogen and oxygen atoms in total. The first-order chi connectivity index (χ1) is 8.39. The van der Waals surface area contributed by atoms with Crippen LogP contribution in [0.25, 0.3) is 0 Å². The highest BCUT2D eigenvalue weighted by atomic mass is 19.1. The molecule has 0 spiro atoms. The van der Waals surface area contributed by atoms with Gasteiger partial charge < -0.3 is 5.73 Å². The number of nitrogens with two attached hydrogens (primary N) is 1. The highest BCUT2D eigenvalue weighted by Crippen LogP contribution is 2.28. The molecule has 2 aromatic rings. The minimum Gasteiger partial charge on any atom is -0.318 e. The zero-order valence-electron chi connectivity index (χ0n) is 11.0. The lowest BCUT2D eigenvalue weighted by Gasteiger charge is -2.26. The molecule has 2 rings (SSSR count). The van der Waals surface area contributed by atoms with Gasteiger partial charge in [-0.25, -0.2) is 4.39 Å². The van der Waals surface area contributed by atoms with Crippen molar-refractivity contribution in [2.24, 2.45) is 5.73 Å². The van der Waals surface area contributed by atoms with E-state index in [2.05, 4.69) is 0 Å². The summed E-state index contributed by atoms with van der Waals surface area (Å²) < 4.78 is 13.5. The first kappa shape index (κ1) is 12.8. The molecule has 0 aliphatic rings. The van der Waals surface area contributed by atoms with Crippen LogP contribution in [0.4, 0.5) is 4.39 Å². The lowest BCUT2D eigenvalue weighted by Crippen LogP contribution is -2.34. The maximum Gasteiger partial charge on any atom is 0.123 e. The summed E-state index contributed by atoms with van der Waals surface area (Å²) in [4.78, 5) is 0. The zero-order chi connectivity index (χ0) is 13.3. The number of hydrogen-bond donors (Lipinski definition) is 1. The molecule has 0 heterocycles. The van der Waals surface area contributed by atoms with Crippen LogP contribution in [0.5, 0.6) is 0 Å². The second-order valence-corrected chi connectivity index (χ2v) is 5.09. The first-order valence-corrected chi connectivity index (χ1v) is 6.03. The average Bonchev–Trinajstić information content (AvgIpc) is 2.28. The molecule has 18 heavy (non-hydrogen) atoms. The van der Waals surface area contributed by atoms with Crippen LogP contribution in [0.15, 0.2) is 42.5 Å². The van der Waals surface area contributed by atoms with E-state index in [0.29, 0.717) is 0 Å². The molecule has 94 valence electrons. The SMILES string of the molecule is Cc1ccc(C(C)(N)c2cc(C)cc(F)c2)cc1. The van der Waals surface area contributed by atoms with Crippen molar-refractivity contribution in [3.8, 4) is 0 Å². The smallest absolute Gasteiger partial charge is 0.123 e. The minimum absolute atomic E-state index is 0.242. The van der Waals surface area contributed by atoms with E-state index in [4.69, 9.17) is 5.73 Å². The van der Waals surface area contributed by atoms with Gasteiger partial charge in [0.1, 0.15) is 5.82 Å². The maximum atomic E-state index is 13.5. The molecule has 2 N–H and O–H groups in total. The second kappa shape index (κ2) is 4.54. The van der Waals surface area contributed by atoms with E-state index in [1.807, 2.05) is 51.1 Å². The molecule has 0 aromatic heterocycles. The maximum absolute atomic E-state index is 13.5. The van der Waals surface area contributed by atoms with Crippen molar-refractivity contribution in [3.05, 3.63) is 70.5 Å². The summed E-state index contributed by atoms with van der Waals surface area (Å²) >= 11 is 0. The monoisotopic (exact) mass is 243 g/mol. The Balaban J connectivity index is 2.49. The van der Waals surface area contributed by atoms with E-state index in [0.717, 1.165) is 16.7 Å². The molecule has 0 bridgehead atoms. The van der Waals surface area contributed by atoms with Gasteiger partial charge >= 0.3 is 0 Å². The quantitative estimate of drug-likeness (QED) is 0.855. The fourth-order valence-corrected chi connectivity index (χ4v) is 2.10. The normalized spacial score (nSPS) is 14.3. The second-order valence-electron chi connectivity index (χ2n) is 5.09. The van der Waals surface area contributed by atoms with E-state index in [1.165, 1.54) is 17.7 Å². The Morgan fingerprint density at radius 3 is 2.06 bits per heavy atom. The molecule has 0 aliphatic carbocycles. The summed E-state index contributed by atoms with van der Waals surface area (Å²) in [5.74, 6) is -0.242. The van der Waals surface area contributed by atoms with Crippen molar-refractivity contribution in [1.82, 2.24) is 0 Å². The Morgan fingerprint density at radius 2 is 1.50 bits per heavy atom. The predicted molar refractivity (Wildman–Crippen MR) is 73.0 cm³/mol. The van der Waals surface area contributed by atoms with E-state index in [1.54, 1.807) is 0 Å². The number of benzene rings is 2. The van der Waals surface area contributed by atoms with Gasteiger partial charge in [-0.1, -0.05) is 35.9 Å². The molecule has 0 amide bonds. The van der Waals surface area contributed by atoms with E-state index < -0.39 is 5.54 Å². The Morgan fingerprint density at radius 1 is 0.889 bits per heavy atom. The van der Waals surface area contributed by atoms with Crippen LogP contribution in [-0.4, -0.2) is 0 Å². The fraction of sp³-hybridized carbons (Fsp3) is 0.250. The molecular weight excluding hydrogens is 225 g/mol. The molecule has 0 saturated carbocycles. The third-order valence-electron chi connectivity index (χ3n) is 3.29. The number of halogens is 1. The van der Waals surface area contributed by atoms with Gasteiger partial charge in [-0.2, -0.15) is 0 Å². The first-order valence-electron chi connectivity index (χ1n) is 6.03. The zero-order valence-corrected chi connectivity index (χ0v) is 11.0. The van der Waals surface area contributed by atoms with Crippen LogP contribution in [0.1, 0.15) is 29.2 Å². The summed E-state index contributed by atoms with van der Waals surface area (Å²) in [7, 11) is 0. The standard InChI is InChI=1S/C16H18FN/c1-11-4-6-13(7-5-11)16(3,18)14-8-12(2)9-15(17)10-14/h4-10H,18H2,1-3H3. The van der Waals surface area contributed by atoms with E-state index in [9.17, 15) is 4.39 Å². The van der Waals surface area contributed by atoms with Gasteiger partial charge in [-0.3, -0.25) is 0 Å². The fourth-order valence-electron chi connectivity index (χ4n) is 2.10. The van der Waals surface area contributed by atoms with Crippen molar-refractivity contribution in [2.75, 3.05) is 0 Å². The third-order valence-corrected chi connectivity index (χ3v) is 3.29. The van der Waals surface area contributed by atoms with Gasteiger partial charge in [0.2, 0.25) is 0 Å². The molecule has 1 atom stereocenters. The minimum atomic E-state index is -0.680. The van der Waals surface area contributed by atoms with E-state index in [-0.39, 0.29) is 5.82 Å². The van der Waals surface area contributed by atoms with Crippen LogP contribution in [0, 0.1) is 19.7 Å². The van der Waals surface area contributed by atoms with Gasteiger partial charge in [0.05, 0.1) is 5.54 Å². The van der Waals surface area contributed by atoms with E-state index >= 15 is 0 Å². The summed E-state index contributed by atoms with van der Waals surface area (Å²) in [5, 5.41) is 0. The number of rotatable bonds is 2. The van der Waals surface area contributed by atoms with Crippen molar-refractivity contribution < 1.29 is 4.39 Å². The van der Waals surface area contributed by atoms with Crippen LogP contribution < -0.4 is 5.73 Å². The Labute approximate surface area is 107 Å². The number of aryl methyl sites for hydroxylation is 2. The van der Waals surface area contributed by atoms with Crippen molar-refractivity contribution >= 4 is 0 Å². The number of hydrogen-bond acceptors (Lipinski definition) is 1.